The van der Waals surface area contributed by atoms with Crippen LogP contribution in [0.15, 0.2) is 18.3 Å². The van der Waals surface area contributed by atoms with Crippen LogP contribution in [0.4, 0.5) is 8.78 Å². The Hall–Kier alpha value is -1.69. The molecule has 0 aromatic carbocycles. The summed E-state index contributed by atoms with van der Waals surface area (Å²) in [5.41, 5.74) is -1.20. The topological polar surface area (TPSA) is 54.6 Å². The lowest BCUT2D eigenvalue weighted by Gasteiger charge is -1.98. The summed E-state index contributed by atoms with van der Waals surface area (Å²) in [5, 5.41) is 9.10. The lowest BCUT2D eigenvalue weighted by atomic mass is 10.3. The average molecular weight is 247 g/mol. The summed E-state index contributed by atoms with van der Waals surface area (Å²) in [6.45, 7) is 0. The number of hydrogen-bond acceptors (Lipinski definition) is 2. The van der Waals surface area contributed by atoms with Gasteiger partial charge in [0.15, 0.2) is 5.69 Å². The molecule has 16 heavy (non-hydrogen) atoms. The standard InChI is InChI=1S/C9H5ClF2N2O2/c10-4-1-2-5-13-6(8(11)12)7(9(15)16)14(5)3-4/h1-3,8H,(H,15,16). The normalized spacial score (nSPS) is 11.2. The minimum atomic E-state index is -2.94. The summed E-state index contributed by atoms with van der Waals surface area (Å²) in [5.74, 6) is -1.47. The van der Waals surface area contributed by atoms with Crippen molar-refractivity contribution < 1.29 is 18.7 Å². The number of aromatic carboxylic acids is 1. The van der Waals surface area contributed by atoms with Gasteiger partial charge in [0.1, 0.15) is 11.3 Å². The SMILES string of the molecule is O=C(O)c1c(C(F)F)nc2ccc(Cl)cn12. The van der Waals surface area contributed by atoms with Gasteiger partial charge in [-0.3, -0.25) is 4.40 Å². The van der Waals surface area contributed by atoms with E-state index in [0.717, 1.165) is 4.40 Å². The largest absolute Gasteiger partial charge is 0.476 e. The number of fused-ring (bicyclic) bond motifs is 1. The van der Waals surface area contributed by atoms with E-state index < -0.39 is 23.8 Å². The molecule has 0 spiro atoms. The van der Waals surface area contributed by atoms with Crippen LogP contribution < -0.4 is 0 Å². The summed E-state index contributed by atoms with van der Waals surface area (Å²) in [7, 11) is 0. The van der Waals surface area contributed by atoms with E-state index in [4.69, 9.17) is 16.7 Å². The molecule has 0 aliphatic rings. The van der Waals surface area contributed by atoms with Crippen LogP contribution in [-0.4, -0.2) is 20.5 Å². The number of carboxylic acid groups (broad SMARTS) is 1. The Labute approximate surface area is 93.1 Å². The van der Waals surface area contributed by atoms with Crippen molar-refractivity contribution >= 4 is 23.2 Å². The molecule has 0 saturated heterocycles. The van der Waals surface area contributed by atoms with Gasteiger partial charge in [-0.2, -0.15) is 0 Å². The van der Waals surface area contributed by atoms with Crippen molar-refractivity contribution in [1.82, 2.24) is 9.38 Å². The maximum absolute atomic E-state index is 12.6. The van der Waals surface area contributed by atoms with Crippen LogP contribution in [0.25, 0.3) is 5.65 Å². The highest BCUT2D eigenvalue weighted by Crippen LogP contribution is 2.24. The zero-order valence-electron chi connectivity index (χ0n) is 7.69. The van der Waals surface area contributed by atoms with Crippen molar-refractivity contribution in [1.29, 1.82) is 0 Å². The van der Waals surface area contributed by atoms with Crippen LogP contribution in [0.3, 0.4) is 0 Å². The van der Waals surface area contributed by atoms with Crippen LogP contribution in [0, 0.1) is 0 Å². The summed E-state index contributed by atoms with van der Waals surface area (Å²) in [6, 6.07) is 2.82. The molecule has 84 valence electrons. The molecule has 0 atom stereocenters. The second-order valence-corrected chi connectivity index (χ2v) is 3.46. The fourth-order valence-electron chi connectivity index (χ4n) is 1.40. The highest BCUT2D eigenvalue weighted by Gasteiger charge is 2.24. The quantitative estimate of drug-likeness (QED) is 0.886. The molecule has 0 saturated carbocycles. The first kappa shape index (κ1) is 10.8. The fraction of sp³-hybridized carbons (Fsp3) is 0.111. The molecule has 2 rings (SSSR count). The Balaban J connectivity index is 2.82. The monoisotopic (exact) mass is 246 g/mol. The Morgan fingerprint density at radius 3 is 2.75 bits per heavy atom. The summed E-state index contributed by atoms with van der Waals surface area (Å²) in [4.78, 5) is 14.4. The van der Waals surface area contributed by atoms with E-state index in [0.29, 0.717) is 0 Å². The highest BCUT2D eigenvalue weighted by molar-refractivity contribution is 6.30. The fourth-order valence-corrected chi connectivity index (χ4v) is 1.56. The van der Waals surface area contributed by atoms with Gasteiger partial charge < -0.3 is 5.11 Å². The number of rotatable bonds is 2. The molecular weight excluding hydrogens is 242 g/mol. The zero-order valence-corrected chi connectivity index (χ0v) is 8.45. The first-order valence-electron chi connectivity index (χ1n) is 4.19. The summed E-state index contributed by atoms with van der Waals surface area (Å²) >= 11 is 5.66. The van der Waals surface area contributed by atoms with Gasteiger partial charge in [0.2, 0.25) is 0 Å². The molecule has 2 aromatic rings. The van der Waals surface area contributed by atoms with Crippen LogP contribution in [0.1, 0.15) is 22.6 Å². The molecule has 0 fully saturated rings. The Kier molecular flexibility index (Phi) is 2.51. The maximum Gasteiger partial charge on any atom is 0.355 e. The minimum absolute atomic E-state index is 0.122. The van der Waals surface area contributed by atoms with Gasteiger partial charge in [-0.1, -0.05) is 11.6 Å². The molecular formula is C9H5ClF2N2O2. The predicted molar refractivity (Wildman–Crippen MR) is 52.1 cm³/mol. The van der Waals surface area contributed by atoms with Crippen molar-refractivity contribution in [3.8, 4) is 0 Å². The van der Waals surface area contributed by atoms with Gasteiger partial charge in [-0.15, -0.1) is 0 Å². The number of aromatic nitrogens is 2. The van der Waals surface area contributed by atoms with Gasteiger partial charge in [0.05, 0.1) is 5.02 Å². The highest BCUT2D eigenvalue weighted by atomic mass is 35.5. The second-order valence-electron chi connectivity index (χ2n) is 3.03. The molecule has 0 aliphatic carbocycles. The zero-order chi connectivity index (χ0) is 11.9. The van der Waals surface area contributed by atoms with Gasteiger partial charge in [0.25, 0.3) is 6.43 Å². The summed E-state index contributed by atoms with van der Waals surface area (Å²) in [6.07, 6.45) is -1.70. The number of halogens is 3. The van der Waals surface area contributed by atoms with Crippen molar-refractivity contribution in [3.05, 3.63) is 34.7 Å². The van der Waals surface area contributed by atoms with Crippen LogP contribution in [-0.2, 0) is 0 Å². The maximum atomic E-state index is 12.6. The van der Waals surface area contributed by atoms with Crippen LogP contribution >= 0.6 is 11.6 Å². The van der Waals surface area contributed by atoms with Crippen molar-refractivity contribution in [2.24, 2.45) is 0 Å². The van der Waals surface area contributed by atoms with E-state index in [1.165, 1.54) is 18.3 Å². The third-order valence-corrected chi connectivity index (χ3v) is 2.24. The van der Waals surface area contributed by atoms with Crippen molar-refractivity contribution in [2.75, 3.05) is 0 Å². The molecule has 0 unspecified atom stereocenters. The molecule has 1 N–H and O–H groups in total. The lowest BCUT2D eigenvalue weighted by molar-refractivity contribution is 0.0675. The molecule has 0 radical (unpaired) electrons. The van der Waals surface area contributed by atoms with E-state index >= 15 is 0 Å². The first-order chi connectivity index (χ1) is 7.50. The Morgan fingerprint density at radius 1 is 1.50 bits per heavy atom. The van der Waals surface area contributed by atoms with Crippen LogP contribution in [0.2, 0.25) is 5.02 Å². The average Bonchev–Trinajstić information content (AvgIpc) is 2.55. The Bertz CT molecular complexity index is 568. The van der Waals surface area contributed by atoms with E-state index in [9.17, 15) is 13.6 Å². The molecule has 0 aliphatic heterocycles. The number of carboxylic acids is 1. The van der Waals surface area contributed by atoms with Gasteiger partial charge in [-0.25, -0.2) is 18.6 Å². The number of hydrogen-bond donors (Lipinski definition) is 1. The van der Waals surface area contributed by atoms with Gasteiger partial charge in [0, 0.05) is 6.20 Å². The van der Waals surface area contributed by atoms with E-state index in [1.54, 1.807) is 0 Å². The number of imidazole rings is 1. The van der Waals surface area contributed by atoms with E-state index in [2.05, 4.69) is 4.98 Å². The van der Waals surface area contributed by atoms with Crippen LogP contribution in [0.5, 0.6) is 0 Å². The predicted octanol–water partition coefficient (Wildman–Crippen LogP) is 2.62. The number of nitrogens with zero attached hydrogens (tertiary/aromatic N) is 2. The smallest absolute Gasteiger partial charge is 0.355 e. The second kappa shape index (κ2) is 3.71. The molecule has 0 amide bonds. The molecule has 4 nitrogen and oxygen atoms in total. The number of carbonyl (C=O) groups is 1. The Morgan fingerprint density at radius 2 is 2.19 bits per heavy atom. The lowest BCUT2D eigenvalue weighted by Crippen LogP contribution is -2.05. The number of alkyl halides is 2. The van der Waals surface area contributed by atoms with Gasteiger partial charge in [-0.05, 0) is 12.1 Å². The van der Waals surface area contributed by atoms with Crippen molar-refractivity contribution in [2.45, 2.75) is 6.43 Å². The molecule has 2 aromatic heterocycles. The first-order valence-corrected chi connectivity index (χ1v) is 4.57. The summed E-state index contributed by atoms with van der Waals surface area (Å²) < 4.78 is 26.1. The van der Waals surface area contributed by atoms with Gasteiger partial charge >= 0.3 is 5.97 Å². The molecule has 7 heteroatoms. The minimum Gasteiger partial charge on any atom is -0.476 e. The van der Waals surface area contributed by atoms with E-state index in [1.807, 2.05) is 0 Å². The molecule has 0 bridgehead atoms. The third kappa shape index (κ3) is 1.61. The third-order valence-electron chi connectivity index (χ3n) is 2.02. The molecule has 2 heterocycles. The number of pyridine rings is 1. The van der Waals surface area contributed by atoms with E-state index in [-0.39, 0.29) is 10.7 Å². The van der Waals surface area contributed by atoms with Crippen molar-refractivity contribution in [3.63, 3.8) is 0 Å².